The van der Waals surface area contributed by atoms with Crippen molar-refractivity contribution in [3.63, 3.8) is 0 Å². The number of thiophene rings is 1. The molecule has 8 rings (SSSR count). The van der Waals surface area contributed by atoms with Gasteiger partial charge in [0.2, 0.25) is 0 Å². The number of aromatic nitrogens is 3. The van der Waals surface area contributed by atoms with E-state index in [4.69, 9.17) is 9.97 Å². The Balaban J connectivity index is 1.42. The quantitative estimate of drug-likeness (QED) is 0.240. The lowest BCUT2D eigenvalue weighted by atomic mass is 10.1. The van der Waals surface area contributed by atoms with Gasteiger partial charge in [-0.3, -0.25) is 9.55 Å². The first kappa shape index (κ1) is 21.3. The molecule has 4 aromatic carbocycles. The minimum atomic E-state index is 0.886. The van der Waals surface area contributed by atoms with Crippen molar-refractivity contribution in [3.05, 3.63) is 128 Å². The lowest BCUT2D eigenvalue weighted by Crippen LogP contribution is -1.97. The molecule has 0 aliphatic carbocycles. The van der Waals surface area contributed by atoms with Gasteiger partial charge in [0.1, 0.15) is 5.82 Å². The van der Waals surface area contributed by atoms with Crippen molar-refractivity contribution in [2.45, 2.75) is 0 Å². The van der Waals surface area contributed by atoms with Gasteiger partial charge in [0.05, 0.1) is 16.6 Å². The van der Waals surface area contributed by atoms with Crippen molar-refractivity contribution in [2.24, 2.45) is 0 Å². The van der Waals surface area contributed by atoms with Gasteiger partial charge in [0.15, 0.2) is 0 Å². The second kappa shape index (κ2) is 8.37. The molecule has 0 aliphatic rings. The molecule has 0 N–H and O–H groups in total. The summed E-state index contributed by atoms with van der Waals surface area (Å²) < 4.78 is 4.84. The molecule has 0 saturated carbocycles. The first-order valence-corrected chi connectivity index (χ1v) is 13.5. The summed E-state index contributed by atoms with van der Waals surface area (Å²) in [5, 5.41) is 3.71. The summed E-state index contributed by atoms with van der Waals surface area (Å²) in [4.78, 5) is 9.98. The van der Waals surface area contributed by atoms with Crippen LogP contribution in [0.3, 0.4) is 0 Å². The summed E-state index contributed by atoms with van der Waals surface area (Å²) in [6, 6.07) is 40.6. The molecule has 0 saturated heterocycles. The van der Waals surface area contributed by atoms with Crippen LogP contribution in [0.4, 0.5) is 0 Å². The molecule has 0 fully saturated rings. The SMILES string of the molecule is c1ccc(-c2ccc(-n3c4cc5sc6ccccc6c5cc4c4ncc(-c5ccccc5)cc43)nc2)cc1. The van der Waals surface area contributed by atoms with Crippen LogP contribution >= 0.6 is 11.3 Å². The maximum atomic E-state index is 5.02. The Bertz CT molecular complexity index is 2110. The average Bonchev–Trinajstić information content (AvgIpc) is 3.51. The molecule has 8 aromatic rings. The van der Waals surface area contributed by atoms with E-state index in [9.17, 15) is 0 Å². The van der Waals surface area contributed by atoms with E-state index in [1.807, 2.05) is 35.9 Å². The predicted octanol–water partition coefficient (Wildman–Crippen LogP) is 9.28. The minimum absolute atomic E-state index is 0.886. The molecular weight excluding hydrogens is 482 g/mol. The van der Waals surface area contributed by atoms with Crippen LogP contribution in [0.15, 0.2) is 128 Å². The van der Waals surface area contributed by atoms with E-state index >= 15 is 0 Å². The highest BCUT2D eigenvalue weighted by Crippen LogP contribution is 2.40. The van der Waals surface area contributed by atoms with Gasteiger partial charge < -0.3 is 0 Å². The zero-order valence-electron chi connectivity index (χ0n) is 20.4. The average molecular weight is 504 g/mol. The fourth-order valence-corrected chi connectivity index (χ4v) is 6.57. The van der Waals surface area contributed by atoms with E-state index in [0.717, 1.165) is 50.0 Å². The standard InChI is InChI=1S/C34H21N3S/c1-3-9-22(10-4-1)24-15-16-33(35-20-24)37-29-19-32-27(26-13-7-8-14-31(26)38-32)18-28(29)34-30(37)17-25(21-36-34)23-11-5-2-6-12-23/h1-21H. The predicted molar refractivity (Wildman–Crippen MR) is 160 cm³/mol. The van der Waals surface area contributed by atoms with E-state index in [0.29, 0.717) is 0 Å². The Kier molecular flexibility index (Phi) is 4.69. The van der Waals surface area contributed by atoms with Gasteiger partial charge in [0, 0.05) is 49.1 Å². The molecule has 0 spiro atoms. The summed E-state index contributed by atoms with van der Waals surface area (Å²) >= 11 is 1.84. The molecule has 178 valence electrons. The van der Waals surface area contributed by atoms with Gasteiger partial charge in [-0.05, 0) is 47.5 Å². The highest BCUT2D eigenvalue weighted by molar-refractivity contribution is 7.25. The van der Waals surface area contributed by atoms with Gasteiger partial charge in [-0.1, -0.05) is 78.9 Å². The van der Waals surface area contributed by atoms with Crippen LogP contribution in [0.5, 0.6) is 0 Å². The number of fused-ring (bicyclic) bond motifs is 6. The molecular formula is C34H21N3S. The fraction of sp³-hybridized carbons (Fsp3) is 0. The van der Waals surface area contributed by atoms with Crippen molar-refractivity contribution in [3.8, 4) is 28.1 Å². The van der Waals surface area contributed by atoms with E-state index in [1.54, 1.807) is 0 Å². The number of pyridine rings is 2. The number of hydrogen-bond acceptors (Lipinski definition) is 3. The molecule has 4 heterocycles. The summed E-state index contributed by atoms with van der Waals surface area (Å²) in [5.74, 6) is 0.886. The Morgan fingerprint density at radius 1 is 0.474 bits per heavy atom. The maximum absolute atomic E-state index is 5.02. The zero-order chi connectivity index (χ0) is 25.1. The lowest BCUT2D eigenvalue weighted by Gasteiger charge is -2.09. The van der Waals surface area contributed by atoms with Crippen LogP contribution in [0.1, 0.15) is 0 Å². The van der Waals surface area contributed by atoms with Crippen LogP contribution in [0, 0.1) is 0 Å². The summed E-state index contributed by atoms with van der Waals surface area (Å²) in [6.07, 6.45) is 3.96. The molecule has 4 heteroatoms. The van der Waals surface area contributed by atoms with Gasteiger partial charge in [-0.25, -0.2) is 4.98 Å². The minimum Gasteiger partial charge on any atom is -0.292 e. The monoisotopic (exact) mass is 503 g/mol. The Morgan fingerprint density at radius 3 is 1.95 bits per heavy atom. The smallest absolute Gasteiger partial charge is 0.137 e. The molecule has 3 nitrogen and oxygen atoms in total. The van der Waals surface area contributed by atoms with Crippen molar-refractivity contribution in [2.75, 3.05) is 0 Å². The second-order valence-electron chi connectivity index (χ2n) is 9.53. The Labute approximate surface area is 223 Å². The van der Waals surface area contributed by atoms with Gasteiger partial charge in [-0.2, -0.15) is 0 Å². The first-order chi connectivity index (χ1) is 18.8. The zero-order valence-corrected chi connectivity index (χ0v) is 21.2. The van der Waals surface area contributed by atoms with Crippen molar-refractivity contribution < 1.29 is 0 Å². The second-order valence-corrected chi connectivity index (χ2v) is 10.6. The largest absolute Gasteiger partial charge is 0.292 e. The third kappa shape index (κ3) is 3.28. The normalized spacial score (nSPS) is 11.7. The van der Waals surface area contributed by atoms with Crippen LogP contribution in [0.25, 0.3) is 70.2 Å². The third-order valence-corrected chi connectivity index (χ3v) is 8.42. The van der Waals surface area contributed by atoms with Crippen LogP contribution in [-0.4, -0.2) is 14.5 Å². The van der Waals surface area contributed by atoms with Crippen molar-refractivity contribution >= 4 is 53.4 Å². The van der Waals surface area contributed by atoms with Crippen molar-refractivity contribution in [1.82, 2.24) is 14.5 Å². The third-order valence-electron chi connectivity index (χ3n) is 7.29. The van der Waals surface area contributed by atoms with Crippen LogP contribution in [-0.2, 0) is 0 Å². The van der Waals surface area contributed by atoms with Gasteiger partial charge >= 0.3 is 0 Å². The van der Waals surface area contributed by atoms with Crippen LogP contribution in [0.2, 0.25) is 0 Å². The summed E-state index contributed by atoms with van der Waals surface area (Å²) in [7, 11) is 0. The van der Waals surface area contributed by atoms with E-state index in [2.05, 4.69) is 108 Å². The van der Waals surface area contributed by atoms with E-state index < -0.39 is 0 Å². The molecule has 38 heavy (non-hydrogen) atoms. The molecule has 0 radical (unpaired) electrons. The maximum Gasteiger partial charge on any atom is 0.137 e. The molecule has 0 bridgehead atoms. The van der Waals surface area contributed by atoms with E-state index in [1.165, 1.54) is 20.2 Å². The molecule has 0 atom stereocenters. The van der Waals surface area contributed by atoms with Crippen molar-refractivity contribution in [1.29, 1.82) is 0 Å². The number of benzene rings is 4. The summed E-state index contributed by atoms with van der Waals surface area (Å²) in [5.41, 5.74) is 7.68. The first-order valence-electron chi connectivity index (χ1n) is 12.7. The Morgan fingerprint density at radius 2 is 1.18 bits per heavy atom. The Hall–Kier alpha value is -4.80. The highest BCUT2D eigenvalue weighted by atomic mass is 32.1. The van der Waals surface area contributed by atoms with Gasteiger partial charge in [-0.15, -0.1) is 11.3 Å². The molecule has 0 amide bonds. The van der Waals surface area contributed by atoms with Gasteiger partial charge in [0.25, 0.3) is 0 Å². The highest BCUT2D eigenvalue weighted by Gasteiger charge is 2.18. The van der Waals surface area contributed by atoms with E-state index in [-0.39, 0.29) is 0 Å². The molecule has 0 aliphatic heterocycles. The lowest BCUT2D eigenvalue weighted by molar-refractivity contribution is 1.08. The number of rotatable bonds is 3. The molecule has 0 unspecified atom stereocenters. The summed E-state index contributed by atoms with van der Waals surface area (Å²) in [6.45, 7) is 0. The fourth-order valence-electron chi connectivity index (χ4n) is 5.45. The van der Waals surface area contributed by atoms with Crippen LogP contribution < -0.4 is 0 Å². The number of hydrogen-bond donors (Lipinski definition) is 0. The number of nitrogens with zero attached hydrogens (tertiary/aromatic N) is 3. The topological polar surface area (TPSA) is 30.7 Å². The molecule has 4 aromatic heterocycles.